The molecule has 0 bridgehead atoms. The molecule has 0 aromatic carbocycles. The molecule has 0 amide bonds. The highest BCUT2D eigenvalue weighted by Gasteiger charge is 2.26. The second-order valence-corrected chi connectivity index (χ2v) is 2.92. The molecule has 48 valence electrons. The molecule has 2 N–H and O–H groups in total. The van der Waals surface area contributed by atoms with Crippen LogP contribution in [-0.4, -0.2) is 5.54 Å². The van der Waals surface area contributed by atoms with Crippen molar-refractivity contribution in [2.24, 2.45) is 5.73 Å². The number of hydrogen-bond donors (Lipinski definition) is 1. The van der Waals surface area contributed by atoms with Crippen molar-refractivity contribution in [3.63, 3.8) is 0 Å². The fraction of sp³-hybridized carbons (Fsp3) is 1.00. The molecule has 0 atom stereocenters. The summed E-state index contributed by atoms with van der Waals surface area (Å²) in [6.07, 6.45) is 6.37. The Morgan fingerprint density at radius 1 is 1.38 bits per heavy atom. The molecule has 0 saturated heterocycles. The van der Waals surface area contributed by atoms with Gasteiger partial charge in [0.1, 0.15) is 0 Å². The summed E-state index contributed by atoms with van der Waals surface area (Å²) in [7, 11) is 0. The molecule has 8 heavy (non-hydrogen) atoms. The standard InChI is InChI=1S/C7H15N/c1-2-7(8)5-3-4-6-7/h2-6,8H2,1H3. The van der Waals surface area contributed by atoms with Crippen LogP contribution in [0.2, 0.25) is 0 Å². The minimum atomic E-state index is 0.236. The van der Waals surface area contributed by atoms with Crippen molar-refractivity contribution in [2.45, 2.75) is 44.6 Å². The van der Waals surface area contributed by atoms with E-state index in [-0.39, 0.29) is 5.54 Å². The van der Waals surface area contributed by atoms with Crippen LogP contribution in [0.25, 0.3) is 0 Å². The summed E-state index contributed by atoms with van der Waals surface area (Å²) >= 11 is 0. The molecular weight excluding hydrogens is 98.1 g/mol. The van der Waals surface area contributed by atoms with Gasteiger partial charge in [0.15, 0.2) is 0 Å². The molecule has 1 aliphatic carbocycles. The van der Waals surface area contributed by atoms with E-state index in [0.717, 1.165) is 6.42 Å². The number of nitrogens with two attached hydrogens (primary N) is 1. The van der Waals surface area contributed by atoms with E-state index in [4.69, 9.17) is 5.73 Å². The van der Waals surface area contributed by atoms with E-state index in [0.29, 0.717) is 0 Å². The van der Waals surface area contributed by atoms with Gasteiger partial charge in [-0.25, -0.2) is 0 Å². The molecule has 1 rings (SSSR count). The Morgan fingerprint density at radius 2 is 1.88 bits per heavy atom. The Morgan fingerprint density at radius 3 is 2.12 bits per heavy atom. The van der Waals surface area contributed by atoms with Crippen LogP contribution < -0.4 is 5.73 Å². The Bertz CT molecular complexity index is 72.5. The third-order valence-electron chi connectivity index (χ3n) is 2.30. The molecule has 1 heteroatoms. The summed E-state index contributed by atoms with van der Waals surface area (Å²) in [6, 6.07) is 0. The largest absolute Gasteiger partial charge is 0.325 e. The van der Waals surface area contributed by atoms with Crippen LogP contribution in [0.3, 0.4) is 0 Å². The van der Waals surface area contributed by atoms with E-state index < -0.39 is 0 Å². The normalized spacial score (nSPS) is 26.2. The predicted octanol–water partition coefficient (Wildman–Crippen LogP) is 1.67. The first-order valence-corrected chi connectivity index (χ1v) is 3.56. The van der Waals surface area contributed by atoms with Crippen molar-refractivity contribution in [1.82, 2.24) is 0 Å². The smallest absolute Gasteiger partial charge is 0.0151 e. The van der Waals surface area contributed by atoms with Crippen molar-refractivity contribution >= 4 is 0 Å². The molecule has 1 saturated carbocycles. The maximum Gasteiger partial charge on any atom is 0.0151 e. The first kappa shape index (κ1) is 6.09. The first-order valence-electron chi connectivity index (χ1n) is 3.56. The summed E-state index contributed by atoms with van der Waals surface area (Å²) in [6.45, 7) is 2.19. The van der Waals surface area contributed by atoms with Crippen LogP contribution in [0.15, 0.2) is 0 Å². The molecule has 0 heterocycles. The van der Waals surface area contributed by atoms with Gasteiger partial charge < -0.3 is 5.73 Å². The van der Waals surface area contributed by atoms with Gasteiger partial charge in [0.25, 0.3) is 0 Å². The van der Waals surface area contributed by atoms with E-state index >= 15 is 0 Å². The highest BCUT2D eigenvalue weighted by molar-refractivity contribution is 4.87. The fourth-order valence-electron chi connectivity index (χ4n) is 1.43. The molecular formula is C7H15N. The molecule has 0 unspecified atom stereocenters. The predicted molar refractivity (Wildman–Crippen MR) is 35.7 cm³/mol. The molecule has 0 aromatic rings. The van der Waals surface area contributed by atoms with Crippen molar-refractivity contribution in [1.29, 1.82) is 0 Å². The zero-order valence-corrected chi connectivity index (χ0v) is 5.61. The second-order valence-electron chi connectivity index (χ2n) is 2.92. The molecule has 1 fully saturated rings. The van der Waals surface area contributed by atoms with E-state index in [1.807, 2.05) is 0 Å². The van der Waals surface area contributed by atoms with Gasteiger partial charge in [0.05, 0.1) is 0 Å². The van der Waals surface area contributed by atoms with Crippen molar-refractivity contribution in [3.05, 3.63) is 0 Å². The van der Waals surface area contributed by atoms with Gasteiger partial charge in [-0.15, -0.1) is 0 Å². The van der Waals surface area contributed by atoms with E-state index in [9.17, 15) is 0 Å². The second kappa shape index (κ2) is 2.06. The van der Waals surface area contributed by atoms with Crippen LogP contribution in [0.5, 0.6) is 0 Å². The minimum Gasteiger partial charge on any atom is -0.325 e. The van der Waals surface area contributed by atoms with Gasteiger partial charge in [-0.2, -0.15) is 0 Å². The summed E-state index contributed by atoms with van der Waals surface area (Å²) in [4.78, 5) is 0. The third kappa shape index (κ3) is 1.03. The van der Waals surface area contributed by atoms with Crippen LogP contribution in [0.1, 0.15) is 39.0 Å². The lowest BCUT2D eigenvalue weighted by Gasteiger charge is -2.19. The molecule has 0 spiro atoms. The van der Waals surface area contributed by atoms with E-state index in [1.54, 1.807) is 0 Å². The SMILES string of the molecule is CCC1(N)CCCC1. The van der Waals surface area contributed by atoms with E-state index in [2.05, 4.69) is 6.92 Å². The molecule has 0 aliphatic heterocycles. The van der Waals surface area contributed by atoms with Crippen molar-refractivity contribution in [3.8, 4) is 0 Å². The maximum atomic E-state index is 5.96. The summed E-state index contributed by atoms with van der Waals surface area (Å²) in [5.41, 5.74) is 6.19. The maximum absolute atomic E-state index is 5.96. The monoisotopic (exact) mass is 113 g/mol. The van der Waals surface area contributed by atoms with Crippen LogP contribution in [-0.2, 0) is 0 Å². The topological polar surface area (TPSA) is 26.0 Å². The third-order valence-corrected chi connectivity index (χ3v) is 2.30. The van der Waals surface area contributed by atoms with Gasteiger partial charge in [0, 0.05) is 5.54 Å². The quantitative estimate of drug-likeness (QED) is 0.550. The summed E-state index contributed by atoms with van der Waals surface area (Å²) < 4.78 is 0. The average Bonchev–Trinajstić information content (AvgIpc) is 2.17. The Hall–Kier alpha value is -0.0400. The molecule has 1 nitrogen and oxygen atoms in total. The van der Waals surface area contributed by atoms with Gasteiger partial charge in [-0.1, -0.05) is 19.8 Å². The average molecular weight is 113 g/mol. The number of rotatable bonds is 1. The Kier molecular flexibility index (Phi) is 1.57. The zero-order valence-electron chi connectivity index (χ0n) is 5.61. The highest BCUT2D eigenvalue weighted by atomic mass is 14.7. The molecule has 0 radical (unpaired) electrons. The minimum absolute atomic E-state index is 0.236. The van der Waals surface area contributed by atoms with Gasteiger partial charge >= 0.3 is 0 Å². The Balaban J connectivity index is 2.40. The van der Waals surface area contributed by atoms with Gasteiger partial charge in [0.2, 0.25) is 0 Å². The number of hydrogen-bond acceptors (Lipinski definition) is 1. The highest BCUT2D eigenvalue weighted by Crippen LogP contribution is 2.29. The Labute approximate surface area is 51.3 Å². The first-order chi connectivity index (χ1) is 3.77. The zero-order chi connectivity index (χ0) is 6.04. The fourth-order valence-corrected chi connectivity index (χ4v) is 1.43. The lowest BCUT2D eigenvalue weighted by atomic mass is 9.96. The molecule has 1 aliphatic rings. The molecule has 0 aromatic heterocycles. The van der Waals surface area contributed by atoms with Gasteiger partial charge in [-0.3, -0.25) is 0 Å². The van der Waals surface area contributed by atoms with Crippen LogP contribution >= 0.6 is 0 Å². The van der Waals surface area contributed by atoms with Gasteiger partial charge in [-0.05, 0) is 19.3 Å². The lowest BCUT2D eigenvalue weighted by Crippen LogP contribution is -2.34. The summed E-state index contributed by atoms with van der Waals surface area (Å²) in [5.74, 6) is 0. The van der Waals surface area contributed by atoms with Crippen LogP contribution in [0.4, 0.5) is 0 Å². The van der Waals surface area contributed by atoms with Crippen LogP contribution in [0, 0.1) is 0 Å². The van der Waals surface area contributed by atoms with Crippen molar-refractivity contribution < 1.29 is 0 Å². The van der Waals surface area contributed by atoms with Crippen molar-refractivity contribution in [2.75, 3.05) is 0 Å². The van der Waals surface area contributed by atoms with E-state index in [1.165, 1.54) is 25.7 Å². The summed E-state index contributed by atoms with van der Waals surface area (Å²) in [5, 5.41) is 0. The lowest BCUT2D eigenvalue weighted by molar-refractivity contribution is 0.424.